The van der Waals surface area contributed by atoms with Gasteiger partial charge in [0.25, 0.3) is 5.69 Å². The first kappa shape index (κ1) is 17.0. The highest BCUT2D eigenvalue weighted by atomic mass is 19.1. The van der Waals surface area contributed by atoms with E-state index in [1.165, 1.54) is 0 Å². The van der Waals surface area contributed by atoms with Gasteiger partial charge < -0.3 is 11.1 Å². The van der Waals surface area contributed by atoms with Gasteiger partial charge in [0.15, 0.2) is 0 Å². The topological polar surface area (TPSA) is 98.3 Å². The van der Waals surface area contributed by atoms with E-state index >= 15 is 0 Å². The van der Waals surface area contributed by atoms with Crippen molar-refractivity contribution >= 4 is 17.3 Å². The second kappa shape index (κ2) is 8.31. The second-order valence-corrected chi connectivity index (χ2v) is 4.86. The Morgan fingerprint density at radius 3 is 2.76 bits per heavy atom. The van der Waals surface area contributed by atoms with Crippen molar-refractivity contribution in [3.8, 4) is 0 Å². The number of amides is 1. The van der Waals surface area contributed by atoms with Crippen molar-refractivity contribution in [1.82, 2.24) is 0 Å². The van der Waals surface area contributed by atoms with Gasteiger partial charge in [-0.15, -0.1) is 0 Å². The van der Waals surface area contributed by atoms with E-state index in [-0.39, 0.29) is 23.7 Å². The Bertz CT molecular complexity index is 508. The molecule has 0 aromatic heterocycles. The van der Waals surface area contributed by atoms with E-state index in [0.29, 0.717) is 18.9 Å². The van der Waals surface area contributed by atoms with Crippen molar-refractivity contribution in [3.05, 3.63) is 34.1 Å². The number of rotatable bonds is 8. The van der Waals surface area contributed by atoms with Crippen molar-refractivity contribution in [2.45, 2.75) is 32.6 Å². The van der Waals surface area contributed by atoms with Crippen LogP contribution >= 0.6 is 0 Å². The number of non-ortho nitro benzene ring substituents is 1. The summed E-state index contributed by atoms with van der Waals surface area (Å²) < 4.78 is 13.5. The van der Waals surface area contributed by atoms with Crippen molar-refractivity contribution in [2.24, 2.45) is 11.7 Å². The third-order valence-electron chi connectivity index (χ3n) is 3.37. The maximum absolute atomic E-state index is 13.5. The summed E-state index contributed by atoms with van der Waals surface area (Å²) in [5, 5.41) is 13.0. The summed E-state index contributed by atoms with van der Waals surface area (Å²) in [5.41, 5.74) is 5.06. The third-order valence-corrected chi connectivity index (χ3v) is 3.37. The number of nitro groups is 1. The molecule has 1 unspecified atom stereocenters. The van der Waals surface area contributed by atoms with Crippen molar-refractivity contribution in [3.63, 3.8) is 0 Å². The summed E-state index contributed by atoms with van der Waals surface area (Å²) >= 11 is 0. The third kappa shape index (κ3) is 5.47. The highest BCUT2D eigenvalue weighted by molar-refractivity contribution is 5.91. The molecule has 1 aromatic rings. The molecule has 7 heteroatoms. The molecule has 0 aliphatic rings. The highest BCUT2D eigenvalue weighted by Gasteiger charge is 2.14. The van der Waals surface area contributed by atoms with Crippen LogP contribution < -0.4 is 11.1 Å². The first-order valence-electron chi connectivity index (χ1n) is 6.91. The number of carbonyl (C=O) groups is 1. The normalized spacial score (nSPS) is 12.0. The number of carbonyl (C=O) groups excluding carboxylic acids is 1. The van der Waals surface area contributed by atoms with Crippen LogP contribution in [0.25, 0.3) is 0 Å². The second-order valence-electron chi connectivity index (χ2n) is 4.86. The smallest absolute Gasteiger partial charge is 0.271 e. The average Bonchev–Trinajstić information content (AvgIpc) is 2.45. The Kier molecular flexibility index (Phi) is 6.74. The SMILES string of the molecule is CCC(CCN)CCC(=O)Nc1cc([N+](=O)[O-])ccc1F. The summed E-state index contributed by atoms with van der Waals surface area (Å²) in [6.07, 6.45) is 2.67. The minimum absolute atomic E-state index is 0.166. The Morgan fingerprint density at radius 1 is 1.48 bits per heavy atom. The van der Waals surface area contributed by atoms with Crippen LogP contribution in [0.4, 0.5) is 15.8 Å². The lowest BCUT2D eigenvalue weighted by atomic mass is 9.96. The van der Waals surface area contributed by atoms with Gasteiger partial charge in [0.05, 0.1) is 10.6 Å². The predicted octanol–water partition coefficient (Wildman–Crippen LogP) is 2.83. The molecule has 3 N–H and O–H groups in total. The summed E-state index contributed by atoms with van der Waals surface area (Å²) in [6, 6.07) is 3.04. The lowest BCUT2D eigenvalue weighted by Gasteiger charge is -2.13. The van der Waals surface area contributed by atoms with Gasteiger partial charge in [-0.25, -0.2) is 4.39 Å². The number of nitrogens with two attached hydrogens (primary N) is 1. The maximum atomic E-state index is 13.5. The molecule has 1 atom stereocenters. The highest BCUT2D eigenvalue weighted by Crippen LogP contribution is 2.22. The number of nitrogens with zero attached hydrogens (tertiary/aromatic N) is 1. The molecule has 0 aliphatic carbocycles. The summed E-state index contributed by atoms with van der Waals surface area (Å²) in [5.74, 6) is -0.691. The number of halogens is 1. The molecular weight excluding hydrogens is 277 g/mol. The zero-order valence-electron chi connectivity index (χ0n) is 12.0. The minimum atomic E-state index is -0.692. The lowest BCUT2D eigenvalue weighted by molar-refractivity contribution is -0.384. The first-order chi connectivity index (χ1) is 9.97. The summed E-state index contributed by atoms with van der Waals surface area (Å²) in [4.78, 5) is 21.8. The molecule has 0 bridgehead atoms. The first-order valence-corrected chi connectivity index (χ1v) is 6.91. The van der Waals surface area contributed by atoms with Crippen LogP contribution in [-0.2, 0) is 4.79 Å². The van der Waals surface area contributed by atoms with Crippen LogP contribution in [0.1, 0.15) is 32.6 Å². The van der Waals surface area contributed by atoms with E-state index in [2.05, 4.69) is 5.32 Å². The van der Waals surface area contributed by atoms with Gasteiger partial charge in [-0.2, -0.15) is 0 Å². The molecule has 116 valence electrons. The fourth-order valence-corrected chi connectivity index (χ4v) is 2.06. The van der Waals surface area contributed by atoms with Gasteiger partial charge in [0.2, 0.25) is 5.91 Å². The molecular formula is C14H20FN3O3. The molecule has 21 heavy (non-hydrogen) atoms. The molecule has 1 amide bonds. The van der Waals surface area contributed by atoms with Crippen LogP contribution in [0.2, 0.25) is 0 Å². The number of nitro benzene ring substituents is 1. The number of anilines is 1. The molecule has 1 aromatic carbocycles. The van der Waals surface area contributed by atoms with E-state index < -0.39 is 10.7 Å². The molecule has 0 heterocycles. The molecule has 0 radical (unpaired) electrons. The Hall–Kier alpha value is -2.02. The van der Waals surface area contributed by atoms with E-state index in [1.807, 2.05) is 6.92 Å². The zero-order valence-corrected chi connectivity index (χ0v) is 12.0. The molecule has 0 saturated heterocycles. The van der Waals surface area contributed by atoms with Gasteiger partial charge in [0, 0.05) is 18.6 Å². The zero-order chi connectivity index (χ0) is 15.8. The molecule has 6 nitrogen and oxygen atoms in total. The average molecular weight is 297 g/mol. The van der Waals surface area contributed by atoms with Gasteiger partial charge in [-0.3, -0.25) is 14.9 Å². The Morgan fingerprint density at radius 2 is 2.19 bits per heavy atom. The van der Waals surface area contributed by atoms with Crippen molar-refractivity contribution in [1.29, 1.82) is 0 Å². The summed E-state index contributed by atoms with van der Waals surface area (Å²) in [7, 11) is 0. The maximum Gasteiger partial charge on any atom is 0.271 e. The molecule has 0 saturated carbocycles. The van der Waals surface area contributed by atoms with Gasteiger partial charge >= 0.3 is 0 Å². The quantitative estimate of drug-likeness (QED) is 0.569. The van der Waals surface area contributed by atoms with Gasteiger partial charge in [-0.05, 0) is 31.4 Å². The fourth-order valence-electron chi connectivity index (χ4n) is 2.06. The van der Waals surface area contributed by atoms with E-state index in [4.69, 9.17) is 5.73 Å². The Labute approximate surface area is 122 Å². The molecule has 0 fully saturated rings. The van der Waals surface area contributed by atoms with Gasteiger partial charge in [-0.1, -0.05) is 13.3 Å². The van der Waals surface area contributed by atoms with Gasteiger partial charge in [0.1, 0.15) is 5.82 Å². The van der Waals surface area contributed by atoms with Crippen molar-refractivity contribution < 1.29 is 14.1 Å². The minimum Gasteiger partial charge on any atom is -0.330 e. The van der Waals surface area contributed by atoms with Crippen molar-refractivity contribution in [2.75, 3.05) is 11.9 Å². The lowest BCUT2D eigenvalue weighted by Crippen LogP contribution is -2.15. The van der Waals surface area contributed by atoms with Crippen LogP contribution in [0.3, 0.4) is 0 Å². The predicted molar refractivity (Wildman–Crippen MR) is 78.4 cm³/mol. The van der Waals surface area contributed by atoms with E-state index in [1.54, 1.807) is 0 Å². The van der Waals surface area contributed by atoms with Crippen LogP contribution in [0.5, 0.6) is 0 Å². The molecule has 0 aliphatic heterocycles. The Balaban J connectivity index is 2.62. The van der Waals surface area contributed by atoms with E-state index in [0.717, 1.165) is 31.0 Å². The number of hydrogen-bond donors (Lipinski definition) is 2. The van der Waals surface area contributed by atoms with Crippen LogP contribution in [-0.4, -0.2) is 17.4 Å². The van der Waals surface area contributed by atoms with Crippen LogP contribution in [0, 0.1) is 21.8 Å². The molecule has 1 rings (SSSR count). The van der Waals surface area contributed by atoms with Crippen LogP contribution in [0.15, 0.2) is 18.2 Å². The number of hydrogen-bond acceptors (Lipinski definition) is 4. The largest absolute Gasteiger partial charge is 0.330 e. The standard InChI is InChI=1S/C14H20FN3O3/c1-2-10(7-8-16)3-6-14(19)17-13-9-11(18(20)21)4-5-12(13)15/h4-5,9-10H,2-3,6-8,16H2,1H3,(H,17,19). The monoisotopic (exact) mass is 297 g/mol. The molecule has 0 spiro atoms. The fraction of sp³-hybridized carbons (Fsp3) is 0.500. The summed E-state index contributed by atoms with van der Waals surface area (Å²) in [6.45, 7) is 2.60. The number of benzene rings is 1. The number of nitrogens with one attached hydrogen (secondary N) is 1. The van der Waals surface area contributed by atoms with E-state index in [9.17, 15) is 19.3 Å².